The molecular formula is C13H10BrNO3. The number of hydrogen-bond donors (Lipinski definition) is 2. The van der Waals surface area contributed by atoms with Crippen LogP contribution in [0.5, 0.6) is 5.75 Å². The minimum Gasteiger partial charge on any atom is -0.506 e. The monoisotopic (exact) mass is 307 g/mol. The number of carbonyl (C=O) groups is 1. The minimum atomic E-state index is -1.12. The molecule has 1 aromatic carbocycles. The zero-order valence-corrected chi connectivity index (χ0v) is 10.9. The lowest BCUT2D eigenvalue weighted by Crippen LogP contribution is -2.05. The quantitative estimate of drug-likeness (QED) is 0.893. The molecule has 1 aromatic heterocycles. The van der Waals surface area contributed by atoms with Crippen molar-refractivity contribution in [2.45, 2.75) is 18.8 Å². The molecule has 0 spiro atoms. The summed E-state index contributed by atoms with van der Waals surface area (Å²) in [5.41, 5.74) is 1.08. The number of aromatic hydroxyl groups is 1. The maximum atomic E-state index is 11.3. The van der Waals surface area contributed by atoms with Crippen LogP contribution in [0, 0.1) is 0 Å². The molecule has 18 heavy (non-hydrogen) atoms. The molecule has 4 nitrogen and oxygen atoms in total. The van der Waals surface area contributed by atoms with Crippen molar-refractivity contribution in [3.63, 3.8) is 0 Å². The highest BCUT2D eigenvalue weighted by Crippen LogP contribution is 2.44. The Hall–Kier alpha value is -1.62. The Morgan fingerprint density at radius 1 is 1.39 bits per heavy atom. The van der Waals surface area contributed by atoms with Gasteiger partial charge in [-0.25, -0.2) is 4.79 Å². The van der Waals surface area contributed by atoms with Crippen LogP contribution >= 0.6 is 15.9 Å². The standard InChI is InChI=1S/C13H10BrNO3/c14-7-3-4-9-8(5-7)12(16)10(13(17)18)11(15-9)6-1-2-6/h3-6H,1-2H2,(H,15,16)(H,17,18). The molecule has 5 heteroatoms. The molecule has 1 aliphatic rings. The van der Waals surface area contributed by atoms with Crippen molar-refractivity contribution in [1.29, 1.82) is 0 Å². The highest BCUT2D eigenvalue weighted by Gasteiger charge is 2.32. The van der Waals surface area contributed by atoms with Gasteiger partial charge < -0.3 is 10.2 Å². The summed E-state index contributed by atoms with van der Waals surface area (Å²) < 4.78 is 0.780. The van der Waals surface area contributed by atoms with Crippen LogP contribution in [0.25, 0.3) is 10.9 Å². The van der Waals surface area contributed by atoms with Crippen LogP contribution in [0.4, 0.5) is 0 Å². The van der Waals surface area contributed by atoms with Crippen LogP contribution in [0.2, 0.25) is 0 Å². The number of aromatic nitrogens is 1. The van der Waals surface area contributed by atoms with E-state index in [1.807, 2.05) is 6.07 Å². The number of fused-ring (bicyclic) bond motifs is 1. The summed E-state index contributed by atoms with van der Waals surface area (Å²) in [6, 6.07) is 5.28. The lowest BCUT2D eigenvalue weighted by Gasteiger charge is -2.10. The number of nitrogens with zero attached hydrogens (tertiary/aromatic N) is 1. The topological polar surface area (TPSA) is 70.4 Å². The Morgan fingerprint density at radius 3 is 2.72 bits per heavy atom. The molecule has 1 saturated carbocycles. The molecule has 0 unspecified atom stereocenters. The largest absolute Gasteiger partial charge is 0.506 e. The van der Waals surface area contributed by atoms with E-state index >= 15 is 0 Å². The molecule has 2 N–H and O–H groups in total. The average molecular weight is 308 g/mol. The van der Waals surface area contributed by atoms with Crippen molar-refractivity contribution in [2.24, 2.45) is 0 Å². The Kier molecular flexibility index (Phi) is 2.52. The molecule has 0 amide bonds. The van der Waals surface area contributed by atoms with Gasteiger partial charge in [-0.2, -0.15) is 0 Å². The van der Waals surface area contributed by atoms with Gasteiger partial charge in [-0.1, -0.05) is 15.9 Å². The second kappa shape index (κ2) is 3.95. The number of halogens is 1. The van der Waals surface area contributed by atoms with E-state index in [1.54, 1.807) is 12.1 Å². The third-order valence-corrected chi connectivity index (χ3v) is 3.62. The molecular weight excluding hydrogens is 298 g/mol. The third-order valence-electron chi connectivity index (χ3n) is 3.13. The zero-order chi connectivity index (χ0) is 12.9. The van der Waals surface area contributed by atoms with Crippen molar-refractivity contribution >= 4 is 32.8 Å². The van der Waals surface area contributed by atoms with E-state index in [0.29, 0.717) is 16.6 Å². The van der Waals surface area contributed by atoms with Gasteiger partial charge in [0.25, 0.3) is 0 Å². The molecule has 1 fully saturated rings. The van der Waals surface area contributed by atoms with Gasteiger partial charge >= 0.3 is 5.97 Å². The Morgan fingerprint density at radius 2 is 2.11 bits per heavy atom. The Labute approximate surface area is 111 Å². The first-order valence-electron chi connectivity index (χ1n) is 5.63. The van der Waals surface area contributed by atoms with Gasteiger partial charge in [0.2, 0.25) is 0 Å². The first-order chi connectivity index (χ1) is 8.58. The van der Waals surface area contributed by atoms with E-state index in [0.717, 1.165) is 17.3 Å². The lowest BCUT2D eigenvalue weighted by atomic mass is 10.0. The molecule has 1 aliphatic carbocycles. The molecule has 0 bridgehead atoms. The Bertz CT molecular complexity index is 665. The van der Waals surface area contributed by atoms with Crippen LogP contribution < -0.4 is 0 Å². The number of rotatable bonds is 2. The molecule has 1 heterocycles. The third kappa shape index (κ3) is 1.75. The van der Waals surface area contributed by atoms with Crippen molar-refractivity contribution in [3.05, 3.63) is 33.9 Å². The maximum Gasteiger partial charge on any atom is 0.341 e. The number of carboxylic acid groups (broad SMARTS) is 1. The molecule has 92 valence electrons. The van der Waals surface area contributed by atoms with Gasteiger partial charge in [-0.05, 0) is 31.0 Å². The van der Waals surface area contributed by atoms with Crippen molar-refractivity contribution < 1.29 is 15.0 Å². The summed E-state index contributed by atoms with van der Waals surface area (Å²) in [6.07, 6.45) is 1.88. The fourth-order valence-electron chi connectivity index (χ4n) is 2.10. The maximum absolute atomic E-state index is 11.3. The van der Waals surface area contributed by atoms with E-state index < -0.39 is 5.97 Å². The van der Waals surface area contributed by atoms with Crippen LogP contribution in [0.15, 0.2) is 22.7 Å². The number of pyridine rings is 1. The summed E-state index contributed by atoms with van der Waals surface area (Å²) in [4.78, 5) is 15.7. The van der Waals surface area contributed by atoms with Gasteiger partial charge in [0.05, 0.1) is 11.2 Å². The van der Waals surface area contributed by atoms with E-state index in [2.05, 4.69) is 20.9 Å². The van der Waals surface area contributed by atoms with E-state index in [9.17, 15) is 15.0 Å². The van der Waals surface area contributed by atoms with Gasteiger partial charge in [0.15, 0.2) is 0 Å². The van der Waals surface area contributed by atoms with Crippen molar-refractivity contribution in [3.8, 4) is 5.75 Å². The Balaban J connectivity index is 2.37. The highest BCUT2D eigenvalue weighted by molar-refractivity contribution is 9.10. The van der Waals surface area contributed by atoms with E-state index in [4.69, 9.17) is 0 Å². The summed E-state index contributed by atoms with van der Waals surface area (Å²) in [5.74, 6) is -1.13. The van der Waals surface area contributed by atoms with Crippen LogP contribution in [-0.4, -0.2) is 21.2 Å². The van der Waals surface area contributed by atoms with Crippen molar-refractivity contribution in [2.75, 3.05) is 0 Å². The van der Waals surface area contributed by atoms with Crippen LogP contribution in [-0.2, 0) is 0 Å². The lowest BCUT2D eigenvalue weighted by molar-refractivity contribution is 0.0692. The van der Waals surface area contributed by atoms with Gasteiger partial charge in [0.1, 0.15) is 11.3 Å². The normalized spacial score (nSPS) is 14.9. The summed E-state index contributed by atoms with van der Waals surface area (Å²) in [7, 11) is 0. The van der Waals surface area contributed by atoms with E-state index in [-0.39, 0.29) is 17.2 Å². The van der Waals surface area contributed by atoms with Crippen molar-refractivity contribution in [1.82, 2.24) is 4.98 Å². The molecule has 2 aromatic rings. The predicted octanol–water partition coefficient (Wildman–Crippen LogP) is 3.28. The zero-order valence-electron chi connectivity index (χ0n) is 9.35. The second-order valence-corrected chi connectivity index (χ2v) is 5.38. The summed E-state index contributed by atoms with van der Waals surface area (Å²) >= 11 is 3.30. The summed E-state index contributed by atoms with van der Waals surface area (Å²) in [5, 5.41) is 19.9. The van der Waals surface area contributed by atoms with Gasteiger partial charge in [0, 0.05) is 15.8 Å². The summed E-state index contributed by atoms with van der Waals surface area (Å²) in [6.45, 7) is 0. The number of benzene rings is 1. The van der Waals surface area contributed by atoms with Gasteiger partial charge in [-0.3, -0.25) is 4.98 Å². The molecule has 3 rings (SSSR count). The fourth-order valence-corrected chi connectivity index (χ4v) is 2.46. The van der Waals surface area contributed by atoms with Crippen LogP contribution in [0.3, 0.4) is 0 Å². The first kappa shape index (κ1) is 11.5. The first-order valence-corrected chi connectivity index (χ1v) is 6.42. The molecule has 0 radical (unpaired) electrons. The number of carboxylic acids is 1. The highest BCUT2D eigenvalue weighted by atomic mass is 79.9. The average Bonchev–Trinajstić information content (AvgIpc) is 3.13. The fraction of sp³-hybridized carbons (Fsp3) is 0.231. The van der Waals surface area contributed by atoms with E-state index in [1.165, 1.54) is 0 Å². The second-order valence-electron chi connectivity index (χ2n) is 4.46. The van der Waals surface area contributed by atoms with Gasteiger partial charge in [-0.15, -0.1) is 0 Å². The number of aromatic carboxylic acids is 1. The number of hydrogen-bond acceptors (Lipinski definition) is 3. The molecule has 0 atom stereocenters. The van der Waals surface area contributed by atoms with Crippen LogP contribution in [0.1, 0.15) is 34.8 Å². The molecule has 0 saturated heterocycles. The smallest absolute Gasteiger partial charge is 0.341 e. The molecule has 0 aliphatic heterocycles. The SMILES string of the molecule is O=C(O)c1c(C2CC2)nc2ccc(Br)cc2c1O. The predicted molar refractivity (Wildman–Crippen MR) is 70.0 cm³/mol. The minimum absolute atomic E-state index is 0.0527.